The van der Waals surface area contributed by atoms with Crippen LogP contribution in [0.1, 0.15) is 70.3 Å². The number of ether oxygens (including phenoxy) is 1. The number of nitrogens with one attached hydrogen (secondary N) is 2. The zero-order valence-corrected chi connectivity index (χ0v) is 21.9. The van der Waals surface area contributed by atoms with Gasteiger partial charge in [0.15, 0.2) is 17.0 Å². The summed E-state index contributed by atoms with van der Waals surface area (Å²) in [6, 6.07) is 10.5. The van der Waals surface area contributed by atoms with E-state index in [0.717, 1.165) is 55.5 Å². The monoisotopic (exact) mass is 518 g/mol. The van der Waals surface area contributed by atoms with E-state index in [-0.39, 0.29) is 12.1 Å². The Labute approximate surface area is 223 Å². The highest BCUT2D eigenvalue weighted by Crippen LogP contribution is 2.34. The van der Waals surface area contributed by atoms with Crippen molar-refractivity contribution in [2.45, 2.75) is 88.4 Å². The fourth-order valence-electron chi connectivity index (χ4n) is 6.03. The highest BCUT2D eigenvalue weighted by atomic mass is 16.6. The number of fused-ring (bicyclic) bond motifs is 1. The molecule has 2 aliphatic carbocycles. The van der Waals surface area contributed by atoms with E-state index in [0.29, 0.717) is 42.9 Å². The number of aromatic nitrogens is 4. The van der Waals surface area contributed by atoms with Crippen molar-refractivity contribution in [1.82, 2.24) is 24.4 Å². The van der Waals surface area contributed by atoms with E-state index >= 15 is 0 Å². The SMILES string of the molecule is N[C@H]1CC[C@H](Nc2nc(NC3CCN(C(=O)Oc4ccccc4)CC3)c3ncn(C4CCCC4)c3n2)CC1. The van der Waals surface area contributed by atoms with Gasteiger partial charge in [-0.2, -0.15) is 9.97 Å². The standard InChI is InChI=1S/C28H38N8O2/c29-19-10-12-20(13-11-19)32-27-33-25(24-26(34-27)36(18-30-24)22-6-4-5-7-22)31-21-14-16-35(17-15-21)28(37)38-23-8-2-1-3-9-23/h1-3,8-9,18-22H,4-7,10-17,29H2,(H2,31,32,33,34)/t19-,20-. The lowest BCUT2D eigenvalue weighted by atomic mass is 9.92. The third kappa shape index (κ3) is 5.55. The molecular weight excluding hydrogens is 480 g/mol. The minimum Gasteiger partial charge on any atom is -0.410 e. The summed E-state index contributed by atoms with van der Waals surface area (Å²) in [5, 5.41) is 7.25. The largest absolute Gasteiger partial charge is 0.415 e. The third-order valence-electron chi connectivity index (χ3n) is 8.29. The maximum absolute atomic E-state index is 12.6. The van der Waals surface area contributed by atoms with E-state index in [2.05, 4.69) is 15.2 Å². The van der Waals surface area contributed by atoms with Gasteiger partial charge in [-0.05, 0) is 63.5 Å². The molecule has 2 aromatic heterocycles. The molecule has 3 heterocycles. The maximum Gasteiger partial charge on any atom is 0.415 e. The van der Waals surface area contributed by atoms with Crippen LogP contribution < -0.4 is 21.1 Å². The van der Waals surface area contributed by atoms with Crippen LogP contribution in [0.15, 0.2) is 36.7 Å². The van der Waals surface area contributed by atoms with Gasteiger partial charge < -0.3 is 30.6 Å². The number of para-hydroxylation sites is 1. The average molecular weight is 519 g/mol. The lowest BCUT2D eigenvalue weighted by Gasteiger charge is -2.32. The number of hydrogen-bond acceptors (Lipinski definition) is 8. The van der Waals surface area contributed by atoms with Crippen LogP contribution in [0.5, 0.6) is 5.75 Å². The molecule has 3 aromatic rings. The first-order chi connectivity index (χ1) is 18.6. The highest BCUT2D eigenvalue weighted by Gasteiger charge is 2.27. The van der Waals surface area contributed by atoms with Gasteiger partial charge in [0, 0.05) is 37.3 Å². The van der Waals surface area contributed by atoms with Gasteiger partial charge in [0.05, 0.1) is 6.33 Å². The van der Waals surface area contributed by atoms with Crippen LogP contribution in [-0.2, 0) is 0 Å². The van der Waals surface area contributed by atoms with Crippen LogP contribution in [-0.4, -0.2) is 61.7 Å². The summed E-state index contributed by atoms with van der Waals surface area (Å²) < 4.78 is 7.78. The molecule has 10 nitrogen and oxygen atoms in total. The second-order valence-corrected chi connectivity index (χ2v) is 11.0. The Balaban J connectivity index is 1.17. The number of benzene rings is 1. The number of hydrogen-bond donors (Lipinski definition) is 3. The average Bonchev–Trinajstić information content (AvgIpc) is 3.61. The van der Waals surface area contributed by atoms with E-state index in [4.69, 9.17) is 25.4 Å². The summed E-state index contributed by atoms with van der Waals surface area (Å²) in [5.41, 5.74) is 7.84. The Morgan fingerprint density at radius 3 is 2.34 bits per heavy atom. The van der Waals surface area contributed by atoms with Gasteiger partial charge in [0.1, 0.15) is 5.75 Å². The molecule has 2 saturated carbocycles. The Morgan fingerprint density at radius 2 is 1.61 bits per heavy atom. The number of nitrogens with zero attached hydrogens (tertiary/aromatic N) is 5. The first kappa shape index (κ1) is 24.9. The van der Waals surface area contributed by atoms with Gasteiger partial charge in [-0.15, -0.1) is 0 Å². The van der Waals surface area contributed by atoms with Crippen molar-refractivity contribution >= 4 is 29.0 Å². The number of piperidine rings is 1. The molecular formula is C28H38N8O2. The number of anilines is 2. The van der Waals surface area contributed by atoms with Crippen LogP contribution in [0.2, 0.25) is 0 Å². The fourth-order valence-corrected chi connectivity index (χ4v) is 6.03. The number of nitrogens with two attached hydrogens (primary N) is 1. The van der Waals surface area contributed by atoms with Gasteiger partial charge in [0.2, 0.25) is 5.95 Å². The first-order valence-corrected chi connectivity index (χ1v) is 14.2. The molecule has 202 valence electrons. The van der Waals surface area contributed by atoms with Crippen LogP contribution in [0.25, 0.3) is 11.2 Å². The van der Waals surface area contributed by atoms with Gasteiger partial charge in [0.25, 0.3) is 0 Å². The summed E-state index contributed by atoms with van der Waals surface area (Å²) in [4.78, 5) is 29.0. The van der Waals surface area contributed by atoms with Crippen molar-refractivity contribution in [3.05, 3.63) is 36.7 Å². The van der Waals surface area contributed by atoms with Crippen molar-refractivity contribution in [2.24, 2.45) is 5.73 Å². The van der Waals surface area contributed by atoms with E-state index in [1.165, 1.54) is 25.7 Å². The molecule has 0 radical (unpaired) electrons. The minimum absolute atomic E-state index is 0.186. The topological polar surface area (TPSA) is 123 Å². The smallest absolute Gasteiger partial charge is 0.410 e. The Bertz CT molecular complexity index is 1230. The lowest BCUT2D eigenvalue weighted by Crippen LogP contribution is -2.43. The summed E-state index contributed by atoms with van der Waals surface area (Å²) in [6.45, 7) is 1.25. The molecule has 6 rings (SSSR count). The Morgan fingerprint density at radius 1 is 0.895 bits per heavy atom. The quantitative estimate of drug-likeness (QED) is 0.429. The third-order valence-corrected chi connectivity index (χ3v) is 8.29. The van der Waals surface area contributed by atoms with Crippen LogP contribution >= 0.6 is 0 Å². The highest BCUT2D eigenvalue weighted by molar-refractivity contribution is 5.84. The van der Waals surface area contributed by atoms with Crippen molar-refractivity contribution in [3.63, 3.8) is 0 Å². The van der Waals surface area contributed by atoms with Gasteiger partial charge in [-0.25, -0.2) is 9.78 Å². The van der Waals surface area contributed by atoms with E-state index in [9.17, 15) is 4.79 Å². The summed E-state index contributed by atoms with van der Waals surface area (Å²) in [7, 11) is 0. The van der Waals surface area contributed by atoms with Crippen molar-refractivity contribution in [2.75, 3.05) is 23.7 Å². The molecule has 3 fully saturated rings. The Kier molecular flexibility index (Phi) is 7.31. The number of carbonyl (C=O) groups excluding carboxylic acids is 1. The molecule has 3 aliphatic rings. The molecule has 1 aromatic carbocycles. The molecule has 0 bridgehead atoms. The molecule has 10 heteroatoms. The van der Waals surface area contributed by atoms with Crippen molar-refractivity contribution < 1.29 is 9.53 Å². The number of rotatable bonds is 6. The molecule has 1 aliphatic heterocycles. The predicted octanol–water partition coefficient (Wildman–Crippen LogP) is 4.70. The maximum atomic E-state index is 12.6. The molecule has 1 amide bonds. The minimum atomic E-state index is -0.298. The van der Waals surface area contributed by atoms with Gasteiger partial charge >= 0.3 is 6.09 Å². The second-order valence-electron chi connectivity index (χ2n) is 11.0. The van der Waals surface area contributed by atoms with Crippen molar-refractivity contribution in [1.29, 1.82) is 0 Å². The van der Waals surface area contributed by atoms with Gasteiger partial charge in [-0.3, -0.25) is 0 Å². The van der Waals surface area contributed by atoms with Gasteiger partial charge in [-0.1, -0.05) is 31.0 Å². The molecule has 0 unspecified atom stereocenters. The van der Waals surface area contributed by atoms with E-state index in [1.807, 2.05) is 24.5 Å². The molecule has 0 spiro atoms. The summed E-state index contributed by atoms with van der Waals surface area (Å²) in [6.07, 6.45) is 12.2. The lowest BCUT2D eigenvalue weighted by molar-refractivity contribution is 0.140. The predicted molar refractivity (Wildman–Crippen MR) is 147 cm³/mol. The number of amides is 1. The number of carbonyl (C=O) groups is 1. The fraction of sp³-hybridized carbons (Fsp3) is 0.571. The first-order valence-electron chi connectivity index (χ1n) is 14.2. The summed E-state index contributed by atoms with van der Waals surface area (Å²) in [5.74, 6) is 2.00. The zero-order valence-electron chi connectivity index (χ0n) is 21.9. The normalized spacial score (nSPS) is 23.0. The molecule has 0 atom stereocenters. The van der Waals surface area contributed by atoms with Crippen molar-refractivity contribution in [3.8, 4) is 5.75 Å². The molecule has 4 N–H and O–H groups in total. The van der Waals surface area contributed by atoms with E-state index in [1.54, 1.807) is 17.0 Å². The number of likely N-dealkylation sites (tertiary alicyclic amines) is 1. The summed E-state index contributed by atoms with van der Waals surface area (Å²) >= 11 is 0. The zero-order chi connectivity index (χ0) is 25.9. The van der Waals surface area contributed by atoms with Crippen LogP contribution in [0.4, 0.5) is 16.6 Å². The molecule has 38 heavy (non-hydrogen) atoms. The Hall–Kier alpha value is -3.40. The van der Waals surface area contributed by atoms with Crippen LogP contribution in [0.3, 0.4) is 0 Å². The molecule has 1 saturated heterocycles. The van der Waals surface area contributed by atoms with E-state index < -0.39 is 0 Å². The number of imidazole rings is 1. The second kappa shape index (κ2) is 11.1. The van der Waals surface area contributed by atoms with Crippen LogP contribution in [0, 0.1) is 0 Å².